The van der Waals surface area contributed by atoms with Crippen LogP contribution in [0.5, 0.6) is 5.75 Å². The van der Waals surface area contributed by atoms with E-state index >= 15 is 0 Å². The molecule has 1 saturated heterocycles. The maximum atomic E-state index is 13.8. The summed E-state index contributed by atoms with van der Waals surface area (Å²) in [5.74, 6) is 0.165. The molecule has 1 aromatic heterocycles. The van der Waals surface area contributed by atoms with Crippen molar-refractivity contribution in [3.63, 3.8) is 0 Å². The summed E-state index contributed by atoms with van der Waals surface area (Å²) in [6.45, 7) is 8.01. The molecule has 1 atom stereocenters. The van der Waals surface area contributed by atoms with Gasteiger partial charge in [0, 0.05) is 32.7 Å². The summed E-state index contributed by atoms with van der Waals surface area (Å²) in [6.07, 6.45) is 10.5. The fraction of sp³-hybridized carbons (Fsp3) is 0.333. The van der Waals surface area contributed by atoms with Crippen LogP contribution >= 0.6 is 0 Å². The Morgan fingerprint density at radius 3 is 2.51 bits per heavy atom. The predicted octanol–water partition coefficient (Wildman–Crippen LogP) is 4.82. The second-order valence-corrected chi connectivity index (χ2v) is 10.0. The van der Waals surface area contributed by atoms with Gasteiger partial charge in [0.2, 0.25) is 5.75 Å². The minimum Gasteiger partial charge on any atom is -0.481 e. The summed E-state index contributed by atoms with van der Waals surface area (Å²) in [4.78, 5) is 18.3. The highest BCUT2D eigenvalue weighted by molar-refractivity contribution is 5.56. The number of rotatable bonds is 7. The molecule has 6 nitrogen and oxygen atoms in total. The van der Waals surface area contributed by atoms with Crippen LogP contribution < -0.4 is 15.2 Å². The smallest absolute Gasteiger partial charge is 0.312 e. The Morgan fingerprint density at radius 1 is 1.03 bits per heavy atom. The lowest BCUT2D eigenvalue weighted by molar-refractivity contribution is 0.245. The number of nitrogens with zero attached hydrogens (tertiary/aromatic N) is 4. The van der Waals surface area contributed by atoms with E-state index in [2.05, 4.69) is 14.9 Å². The molecule has 1 unspecified atom stereocenters. The van der Waals surface area contributed by atoms with E-state index in [1.165, 1.54) is 6.07 Å². The molecule has 1 aliphatic heterocycles. The molecule has 0 spiro atoms. The average molecular weight is 501 g/mol. The van der Waals surface area contributed by atoms with Crippen LogP contribution in [0.2, 0.25) is 0 Å². The molecule has 37 heavy (non-hydrogen) atoms. The van der Waals surface area contributed by atoms with Gasteiger partial charge in [0.25, 0.3) is 0 Å². The van der Waals surface area contributed by atoms with Gasteiger partial charge in [-0.2, -0.15) is 5.10 Å². The number of allylic oxidation sites excluding steroid dienone is 4. The average Bonchev–Trinajstić information content (AvgIpc) is 2.91. The van der Waals surface area contributed by atoms with Crippen LogP contribution in [-0.4, -0.2) is 40.9 Å². The number of benzene rings is 2. The fourth-order valence-electron chi connectivity index (χ4n) is 4.97. The highest BCUT2D eigenvalue weighted by atomic mass is 19.1. The van der Waals surface area contributed by atoms with Gasteiger partial charge in [-0.3, -0.25) is 9.69 Å². The molecule has 5 rings (SSSR count). The summed E-state index contributed by atoms with van der Waals surface area (Å²) in [5.41, 5.74) is 2.74. The normalized spacial score (nSPS) is 19.8. The summed E-state index contributed by atoms with van der Waals surface area (Å²) in [7, 11) is 0. The molecule has 1 fully saturated rings. The van der Waals surface area contributed by atoms with Crippen LogP contribution in [-0.2, 0) is 18.7 Å². The van der Waals surface area contributed by atoms with Gasteiger partial charge in [0.15, 0.2) is 0 Å². The first-order chi connectivity index (χ1) is 17.9. The van der Waals surface area contributed by atoms with Crippen molar-refractivity contribution < 1.29 is 9.13 Å². The minimum atomic E-state index is -0.540. The van der Waals surface area contributed by atoms with Crippen LogP contribution in [0.25, 0.3) is 0 Å². The van der Waals surface area contributed by atoms with Crippen molar-refractivity contribution in [1.29, 1.82) is 0 Å². The molecule has 0 bridgehead atoms. The third-order valence-electron chi connectivity index (χ3n) is 7.20. The number of hydrogen-bond donors (Lipinski definition) is 0. The lowest BCUT2D eigenvalue weighted by Crippen LogP contribution is -2.47. The molecule has 2 aromatic carbocycles. The first kappa shape index (κ1) is 25.0. The Kier molecular flexibility index (Phi) is 7.24. The van der Waals surface area contributed by atoms with Crippen molar-refractivity contribution in [2.24, 2.45) is 0 Å². The number of halogens is 1. The van der Waals surface area contributed by atoms with Crippen molar-refractivity contribution in [1.82, 2.24) is 14.7 Å². The van der Waals surface area contributed by atoms with Crippen LogP contribution in [0.3, 0.4) is 0 Å². The zero-order valence-corrected chi connectivity index (χ0v) is 21.4. The SMILES string of the molecule is Cc1cc(CN2CCN(c3cnn(C4(C)C=CC=CC4)c(=O)c3OCc3ccccc3)CC2)ccc1F. The van der Waals surface area contributed by atoms with Gasteiger partial charge in [-0.1, -0.05) is 66.8 Å². The Hall–Kier alpha value is -3.71. The fourth-order valence-corrected chi connectivity index (χ4v) is 4.97. The summed E-state index contributed by atoms with van der Waals surface area (Å²) < 4.78 is 21.4. The quantitative estimate of drug-likeness (QED) is 0.466. The molecule has 0 N–H and O–H groups in total. The first-order valence-electron chi connectivity index (χ1n) is 12.8. The Labute approximate surface area is 217 Å². The number of aryl methyl sites for hydroxylation is 1. The molecule has 1 aliphatic carbocycles. The van der Waals surface area contributed by atoms with E-state index in [4.69, 9.17) is 4.74 Å². The Morgan fingerprint density at radius 2 is 1.81 bits per heavy atom. The first-order valence-corrected chi connectivity index (χ1v) is 12.8. The van der Waals surface area contributed by atoms with E-state index < -0.39 is 5.54 Å². The maximum absolute atomic E-state index is 13.8. The van der Waals surface area contributed by atoms with E-state index in [1.54, 1.807) is 17.8 Å². The van der Waals surface area contributed by atoms with Gasteiger partial charge >= 0.3 is 5.56 Å². The van der Waals surface area contributed by atoms with Gasteiger partial charge in [0.1, 0.15) is 18.1 Å². The number of hydrogen-bond acceptors (Lipinski definition) is 5. The molecular weight excluding hydrogens is 467 g/mol. The number of ether oxygens (including phenoxy) is 1. The topological polar surface area (TPSA) is 50.6 Å². The predicted molar refractivity (Wildman–Crippen MR) is 144 cm³/mol. The van der Waals surface area contributed by atoms with Gasteiger partial charge in [-0.05, 0) is 43.0 Å². The van der Waals surface area contributed by atoms with Crippen molar-refractivity contribution >= 4 is 5.69 Å². The lowest BCUT2D eigenvalue weighted by atomic mass is 9.94. The van der Waals surface area contributed by atoms with Gasteiger partial charge < -0.3 is 9.64 Å². The standard InChI is InChI=1S/C30H33FN4O2/c1-23-19-25(11-12-26(23)31)21-33-15-17-34(18-16-33)27-20-32-35(30(2)13-7-4-8-14-30)29(36)28(27)37-22-24-9-5-3-6-10-24/h3-13,19-20H,14-18,21-22H2,1-2H3. The van der Waals surface area contributed by atoms with E-state index in [-0.39, 0.29) is 11.4 Å². The molecular formula is C30H33FN4O2. The molecule has 0 radical (unpaired) electrons. The third kappa shape index (κ3) is 5.52. The van der Waals surface area contributed by atoms with Crippen LogP contribution in [0.15, 0.2) is 83.8 Å². The number of piperazine rings is 1. The maximum Gasteiger partial charge on any atom is 0.312 e. The zero-order chi connectivity index (χ0) is 25.8. The van der Waals surface area contributed by atoms with Crippen molar-refractivity contribution in [3.8, 4) is 5.75 Å². The number of anilines is 1. The molecule has 0 saturated carbocycles. The minimum absolute atomic E-state index is 0.174. The van der Waals surface area contributed by atoms with E-state index in [1.807, 2.05) is 73.7 Å². The Balaban J connectivity index is 1.37. The molecule has 3 aromatic rings. The lowest BCUT2D eigenvalue weighted by Gasteiger charge is -2.37. The highest BCUT2D eigenvalue weighted by Crippen LogP contribution is 2.30. The monoisotopic (exact) mass is 500 g/mol. The van der Waals surface area contributed by atoms with Crippen molar-refractivity contribution in [2.45, 2.75) is 39.0 Å². The van der Waals surface area contributed by atoms with Crippen LogP contribution in [0, 0.1) is 12.7 Å². The summed E-state index contributed by atoms with van der Waals surface area (Å²) in [5, 5.41) is 4.62. The molecule has 2 heterocycles. The largest absolute Gasteiger partial charge is 0.481 e. The molecule has 0 amide bonds. The van der Waals surface area contributed by atoms with Crippen LogP contribution in [0.4, 0.5) is 10.1 Å². The van der Waals surface area contributed by atoms with E-state index in [0.717, 1.165) is 49.5 Å². The van der Waals surface area contributed by atoms with Gasteiger partial charge in [0.05, 0.1) is 11.7 Å². The van der Waals surface area contributed by atoms with Crippen LogP contribution in [0.1, 0.15) is 30.0 Å². The number of aromatic nitrogens is 2. The van der Waals surface area contributed by atoms with Crippen molar-refractivity contribution in [2.75, 3.05) is 31.1 Å². The van der Waals surface area contributed by atoms with Gasteiger partial charge in [-0.15, -0.1) is 0 Å². The third-order valence-corrected chi connectivity index (χ3v) is 7.20. The zero-order valence-electron chi connectivity index (χ0n) is 21.4. The van der Waals surface area contributed by atoms with Crippen molar-refractivity contribution in [3.05, 3.63) is 112 Å². The Bertz CT molecular complexity index is 1360. The molecule has 192 valence electrons. The highest BCUT2D eigenvalue weighted by Gasteiger charge is 2.30. The van der Waals surface area contributed by atoms with E-state index in [9.17, 15) is 9.18 Å². The molecule has 2 aliphatic rings. The molecule has 7 heteroatoms. The second kappa shape index (κ2) is 10.7. The summed E-state index contributed by atoms with van der Waals surface area (Å²) in [6, 6.07) is 15.2. The van der Waals surface area contributed by atoms with Gasteiger partial charge in [-0.25, -0.2) is 9.07 Å². The second-order valence-electron chi connectivity index (χ2n) is 10.0. The summed E-state index contributed by atoms with van der Waals surface area (Å²) >= 11 is 0. The van der Waals surface area contributed by atoms with E-state index in [0.29, 0.717) is 24.3 Å².